The first-order valence-electron chi connectivity index (χ1n) is 6.75. The maximum absolute atomic E-state index is 6.03. The zero-order valence-electron chi connectivity index (χ0n) is 11.6. The molecule has 0 aromatic carbocycles. The lowest BCUT2D eigenvalue weighted by Gasteiger charge is -2.09. The van der Waals surface area contributed by atoms with Gasteiger partial charge in [-0.3, -0.25) is 4.98 Å². The highest BCUT2D eigenvalue weighted by Gasteiger charge is 2.14. The van der Waals surface area contributed by atoms with Gasteiger partial charge in [0.15, 0.2) is 11.5 Å². The summed E-state index contributed by atoms with van der Waals surface area (Å²) >= 11 is 0. The molecule has 0 aliphatic carbocycles. The average Bonchev–Trinajstić information content (AvgIpc) is 2.84. The Labute approximate surface area is 117 Å². The molecule has 0 saturated carbocycles. The van der Waals surface area contributed by atoms with Gasteiger partial charge in [0.2, 0.25) is 0 Å². The molecule has 0 radical (unpaired) electrons. The van der Waals surface area contributed by atoms with Crippen molar-refractivity contribution in [1.29, 1.82) is 0 Å². The number of pyridine rings is 2. The van der Waals surface area contributed by atoms with Gasteiger partial charge >= 0.3 is 0 Å². The van der Waals surface area contributed by atoms with E-state index in [4.69, 9.17) is 5.73 Å². The molecule has 0 saturated heterocycles. The smallest absolute Gasteiger partial charge is 0.160 e. The Hall–Kier alpha value is -2.43. The fourth-order valence-electron chi connectivity index (χ4n) is 2.23. The zero-order chi connectivity index (χ0) is 14.1. The number of rotatable bonds is 3. The monoisotopic (exact) mass is 267 g/mol. The van der Waals surface area contributed by atoms with E-state index in [-0.39, 0.29) is 6.04 Å². The van der Waals surface area contributed by atoms with Crippen molar-refractivity contribution >= 4 is 16.9 Å². The fraction of sp³-hybridized carbons (Fsp3) is 0.267. The first kappa shape index (κ1) is 12.6. The van der Waals surface area contributed by atoms with Gasteiger partial charge in [-0.2, -0.15) is 5.10 Å². The summed E-state index contributed by atoms with van der Waals surface area (Å²) in [7, 11) is 0. The summed E-state index contributed by atoms with van der Waals surface area (Å²) in [6, 6.07) is 6.24. The maximum atomic E-state index is 6.03. The molecule has 3 aromatic rings. The number of nitrogens with two attached hydrogens (primary N) is 1. The Morgan fingerprint density at radius 1 is 1.25 bits per heavy atom. The highest BCUT2D eigenvalue weighted by Crippen LogP contribution is 2.27. The topological polar surface area (TPSA) is 69.6 Å². The molecule has 0 fully saturated rings. The molecule has 2 N–H and O–H groups in total. The van der Waals surface area contributed by atoms with Crippen molar-refractivity contribution in [3.63, 3.8) is 0 Å². The molecule has 3 heterocycles. The lowest BCUT2D eigenvalue weighted by Crippen LogP contribution is -2.06. The van der Waals surface area contributed by atoms with Crippen LogP contribution in [-0.4, -0.2) is 19.7 Å². The summed E-state index contributed by atoms with van der Waals surface area (Å²) in [6.45, 7) is 4.24. The molecular formula is C15H17N5. The number of nitrogens with zero attached hydrogens (tertiary/aromatic N) is 4. The third-order valence-corrected chi connectivity index (χ3v) is 3.60. The molecule has 3 aromatic heterocycles. The molecule has 0 aliphatic rings. The Kier molecular flexibility index (Phi) is 3.10. The summed E-state index contributed by atoms with van der Waals surface area (Å²) in [6.07, 6.45) is 6.39. The zero-order valence-corrected chi connectivity index (χ0v) is 11.6. The Balaban J connectivity index is 2.16. The van der Waals surface area contributed by atoms with Crippen LogP contribution >= 0.6 is 0 Å². The number of aromatic nitrogens is 4. The van der Waals surface area contributed by atoms with Gasteiger partial charge in [0, 0.05) is 24.2 Å². The van der Waals surface area contributed by atoms with Gasteiger partial charge < -0.3 is 5.73 Å². The van der Waals surface area contributed by atoms with E-state index in [2.05, 4.69) is 28.9 Å². The highest BCUT2D eigenvalue weighted by atomic mass is 15.3. The lowest BCUT2D eigenvalue weighted by atomic mass is 10.1. The number of fused-ring (bicyclic) bond motifs is 1. The fourth-order valence-corrected chi connectivity index (χ4v) is 2.23. The molecular weight excluding hydrogens is 250 g/mol. The minimum Gasteiger partial charge on any atom is -0.382 e. The van der Waals surface area contributed by atoms with Crippen molar-refractivity contribution in [1.82, 2.24) is 19.7 Å². The van der Waals surface area contributed by atoms with E-state index in [0.717, 1.165) is 28.6 Å². The maximum Gasteiger partial charge on any atom is 0.160 e. The van der Waals surface area contributed by atoms with Gasteiger partial charge in [-0.1, -0.05) is 6.92 Å². The van der Waals surface area contributed by atoms with Gasteiger partial charge in [-0.25, -0.2) is 9.67 Å². The molecule has 1 atom stereocenters. The van der Waals surface area contributed by atoms with Crippen molar-refractivity contribution in [3.8, 4) is 11.1 Å². The molecule has 0 aliphatic heterocycles. The normalized spacial score (nSPS) is 12.7. The van der Waals surface area contributed by atoms with E-state index >= 15 is 0 Å². The van der Waals surface area contributed by atoms with E-state index < -0.39 is 0 Å². The molecule has 1 unspecified atom stereocenters. The molecule has 0 amide bonds. The van der Waals surface area contributed by atoms with Crippen LogP contribution in [0.3, 0.4) is 0 Å². The predicted molar refractivity (Wildman–Crippen MR) is 80.2 cm³/mol. The van der Waals surface area contributed by atoms with E-state index in [9.17, 15) is 0 Å². The van der Waals surface area contributed by atoms with E-state index in [1.165, 1.54) is 0 Å². The largest absolute Gasteiger partial charge is 0.382 e. The second-order valence-electron chi connectivity index (χ2n) is 4.92. The van der Waals surface area contributed by atoms with Gasteiger partial charge in [0.25, 0.3) is 0 Å². The summed E-state index contributed by atoms with van der Waals surface area (Å²) in [5.74, 6) is 0.531. The number of hydrogen-bond donors (Lipinski definition) is 1. The summed E-state index contributed by atoms with van der Waals surface area (Å²) < 4.78 is 1.90. The van der Waals surface area contributed by atoms with Gasteiger partial charge in [0.1, 0.15) is 0 Å². The summed E-state index contributed by atoms with van der Waals surface area (Å²) in [4.78, 5) is 8.58. The second-order valence-corrected chi connectivity index (χ2v) is 4.92. The van der Waals surface area contributed by atoms with Crippen LogP contribution in [0.1, 0.15) is 26.3 Å². The van der Waals surface area contributed by atoms with Crippen molar-refractivity contribution in [2.24, 2.45) is 0 Å². The van der Waals surface area contributed by atoms with Crippen molar-refractivity contribution in [2.75, 3.05) is 5.73 Å². The molecule has 0 spiro atoms. The first-order chi connectivity index (χ1) is 9.70. The molecule has 3 rings (SSSR count). The third kappa shape index (κ3) is 2.01. The number of nitrogen functional groups attached to an aromatic ring is 1. The van der Waals surface area contributed by atoms with E-state index in [0.29, 0.717) is 5.82 Å². The van der Waals surface area contributed by atoms with Crippen LogP contribution < -0.4 is 5.73 Å². The van der Waals surface area contributed by atoms with E-state index in [1.54, 1.807) is 12.4 Å². The Bertz CT molecular complexity index is 733. The number of hydrogen-bond acceptors (Lipinski definition) is 4. The second kappa shape index (κ2) is 4.92. The average molecular weight is 267 g/mol. The lowest BCUT2D eigenvalue weighted by molar-refractivity contribution is 0.491. The van der Waals surface area contributed by atoms with Gasteiger partial charge in [0.05, 0.1) is 11.4 Å². The molecule has 5 nitrogen and oxygen atoms in total. The quantitative estimate of drug-likeness (QED) is 0.791. The first-order valence-corrected chi connectivity index (χ1v) is 6.75. The SMILES string of the molecule is CCC(C)n1nc(N)c2cc(-c3ccncc3)cnc21. The van der Waals surface area contributed by atoms with Crippen molar-refractivity contribution < 1.29 is 0 Å². The van der Waals surface area contributed by atoms with Gasteiger partial charge in [-0.15, -0.1) is 0 Å². The van der Waals surface area contributed by atoms with Crippen molar-refractivity contribution in [2.45, 2.75) is 26.3 Å². The minimum atomic E-state index is 0.286. The Morgan fingerprint density at radius 3 is 2.70 bits per heavy atom. The third-order valence-electron chi connectivity index (χ3n) is 3.60. The molecule has 20 heavy (non-hydrogen) atoms. The molecule has 5 heteroatoms. The van der Waals surface area contributed by atoms with Crippen LogP contribution in [-0.2, 0) is 0 Å². The van der Waals surface area contributed by atoms with Crippen LogP contribution in [0.2, 0.25) is 0 Å². The van der Waals surface area contributed by atoms with Crippen LogP contribution in [0.4, 0.5) is 5.82 Å². The van der Waals surface area contributed by atoms with Gasteiger partial charge in [-0.05, 0) is 37.1 Å². The number of anilines is 1. The summed E-state index contributed by atoms with van der Waals surface area (Å²) in [5.41, 5.74) is 8.97. The van der Waals surface area contributed by atoms with Crippen LogP contribution in [0, 0.1) is 0 Å². The summed E-state index contributed by atoms with van der Waals surface area (Å²) in [5, 5.41) is 5.32. The van der Waals surface area contributed by atoms with Crippen molar-refractivity contribution in [3.05, 3.63) is 36.8 Å². The van der Waals surface area contributed by atoms with Crippen LogP contribution in [0.25, 0.3) is 22.2 Å². The predicted octanol–water partition coefficient (Wildman–Crippen LogP) is 3.05. The van der Waals surface area contributed by atoms with E-state index in [1.807, 2.05) is 29.1 Å². The Morgan fingerprint density at radius 2 is 2.00 bits per heavy atom. The standard InChI is InChI=1S/C15H17N5/c1-3-10(2)20-15-13(14(16)19-20)8-12(9-18-15)11-4-6-17-7-5-11/h4-10H,3H2,1-2H3,(H2,16,19). The van der Waals surface area contributed by atoms with Crippen LogP contribution in [0.5, 0.6) is 0 Å². The highest BCUT2D eigenvalue weighted by molar-refractivity contribution is 5.89. The molecule has 0 bridgehead atoms. The minimum absolute atomic E-state index is 0.286. The molecule has 102 valence electrons. The van der Waals surface area contributed by atoms with Crippen LogP contribution in [0.15, 0.2) is 36.8 Å².